The van der Waals surface area contributed by atoms with Crippen LogP contribution in [0.4, 0.5) is 0 Å². The zero-order chi connectivity index (χ0) is 14.5. The molecule has 20 heavy (non-hydrogen) atoms. The Morgan fingerprint density at radius 2 is 1.30 bits per heavy atom. The lowest BCUT2D eigenvalue weighted by Crippen LogP contribution is -2.49. The monoisotopic (exact) mass is 312 g/mol. The zero-order valence-electron chi connectivity index (χ0n) is 14.3. The average molecular weight is 312 g/mol. The van der Waals surface area contributed by atoms with Crippen LogP contribution in [0.3, 0.4) is 0 Å². The molecule has 2 atom stereocenters. The molecule has 0 nitrogen and oxygen atoms in total. The molecule has 0 saturated heterocycles. The van der Waals surface area contributed by atoms with E-state index in [4.69, 9.17) is 0 Å². The number of rotatable bonds is 4. The largest absolute Gasteiger partial charge is 0.104 e. The standard InChI is InChI=1S/C18H34P2/c1-17(2,3)19(4)6-7-20(5)18-11-14-8-15(12-18)10-16(9-14)13-18/h14-16H,6-13H2,1-5H3. The summed E-state index contributed by atoms with van der Waals surface area (Å²) in [4.78, 5) is 0. The van der Waals surface area contributed by atoms with Gasteiger partial charge in [-0.05, 0) is 92.2 Å². The van der Waals surface area contributed by atoms with Gasteiger partial charge in [0.1, 0.15) is 0 Å². The van der Waals surface area contributed by atoms with Gasteiger partial charge in [-0.25, -0.2) is 0 Å². The molecule has 0 aromatic carbocycles. The maximum Gasteiger partial charge on any atom is -0.00888 e. The van der Waals surface area contributed by atoms with Crippen molar-refractivity contribution in [2.75, 3.05) is 25.7 Å². The molecule has 0 aromatic heterocycles. The Labute approximate surface area is 129 Å². The second kappa shape index (κ2) is 5.49. The molecule has 4 saturated carbocycles. The van der Waals surface area contributed by atoms with E-state index in [0.717, 1.165) is 22.9 Å². The topological polar surface area (TPSA) is 0 Å². The first kappa shape index (κ1) is 15.7. The minimum atomic E-state index is 0.221. The lowest BCUT2D eigenvalue weighted by Gasteiger charge is -2.59. The van der Waals surface area contributed by atoms with Crippen LogP contribution >= 0.6 is 15.8 Å². The highest BCUT2D eigenvalue weighted by Gasteiger charge is 2.52. The average Bonchev–Trinajstić information content (AvgIpc) is 2.32. The molecule has 4 bridgehead atoms. The molecular formula is C18H34P2. The first-order valence-electron chi connectivity index (χ1n) is 8.71. The summed E-state index contributed by atoms with van der Waals surface area (Å²) in [6, 6.07) is 0. The molecule has 0 heterocycles. The molecular weight excluding hydrogens is 278 g/mol. The van der Waals surface area contributed by atoms with Crippen molar-refractivity contribution in [1.82, 2.24) is 0 Å². The smallest absolute Gasteiger partial charge is 0.00888 e. The Morgan fingerprint density at radius 1 is 0.850 bits per heavy atom. The van der Waals surface area contributed by atoms with Gasteiger partial charge in [0.15, 0.2) is 0 Å². The molecule has 2 heteroatoms. The molecule has 2 unspecified atom stereocenters. The summed E-state index contributed by atoms with van der Waals surface area (Å²) in [5.41, 5.74) is 0. The predicted octanol–water partition coefficient (Wildman–Crippen LogP) is 5.98. The Kier molecular flexibility index (Phi) is 4.32. The Bertz CT molecular complexity index is 320. The maximum atomic E-state index is 2.67. The van der Waals surface area contributed by atoms with Crippen molar-refractivity contribution in [3.05, 3.63) is 0 Å². The zero-order valence-corrected chi connectivity index (χ0v) is 16.1. The first-order valence-corrected chi connectivity index (χ1v) is 12.7. The lowest BCUT2D eigenvalue weighted by atomic mass is 9.56. The quantitative estimate of drug-likeness (QED) is 0.560. The third kappa shape index (κ3) is 2.99. The molecule has 116 valence electrons. The van der Waals surface area contributed by atoms with E-state index in [2.05, 4.69) is 34.1 Å². The van der Waals surface area contributed by atoms with Gasteiger partial charge in [0.2, 0.25) is 0 Å². The van der Waals surface area contributed by atoms with Gasteiger partial charge in [0.05, 0.1) is 0 Å². The van der Waals surface area contributed by atoms with Crippen molar-refractivity contribution >= 4 is 15.8 Å². The molecule has 4 aliphatic carbocycles. The van der Waals surface area contributed by atoms with Crippen LogP contribution in [-0.4, -0.2) is 36.0 Å². The summed E-state index contributed by atoms with van der Waals surface area (Å²) in [6.07, 6.45) is 12.8. The van der Waals surface area contributed by atoms with E-state index in [9.17, 15) is 0 Å². The summed E-state index contributed by atoms with van der Waals surface area (Å²) in [5.74, 6) is 3.41. The second-order valence-electron chi connectivity index (χ2n) is 9.16. The van der Waals surface area contributed by atoms with E-state index in [0.29, 0.717) is 5.16 Å². The fourth-order valence-electron chi connectivity index (χ4n) is 5.41. The Balaban J connectivity index is 1.61. The third-order valence-corrected chi connectivity index (χ3v) is 13.3. The molecule has 0 radical (unpaired) electrons. The van der Waals surface area contributed by atoms with Crippen LogP contribution in [0.5, 0.6) is 0 Å². The predicted molar refractivity (Wildman–Crippen MR) is 96.1 cm³/mol. The molecule has 0 amide bonds. The van der Waals surface area contributed by atoms with Gasteiger partial charge in [-0.3, -0.25) is 0 Å². The van der Waals surface area contributed by atoms with E-state index >= 15 is 0 Å². The summed E-state index contributed by atoms with van der Waals surface area (Å²) < 4.78 is 0. The number of hydrogen-bond donors (Lipinski definition) is 0. The maximum absolute atomic E-state index is 2.67. The van der Waals surface area contributed by atoms with Crippen LogP contribution in [0.2, 0.25) is 0 Å². The molecule has 4 fully saturated rings. The van der Waals surface area contributed by atoms with Crippen LogP contribution in [-0.2, 0) is 0 Å². The van der Waals surface area contributed by atoms with Crippen LogP contribution in [0, 0.1) is 17.8 Å². The van der Waals surface area contributed by atoms with Gasteiger partial charge in [-0.15, -0.1) is 15.8 Å². The third-order valence-electron chi connectivity index (χ3n) is 6.73. The molecule has 0 aromatic rings. The fourth-order valence-corrected chi connectivity index (χ4v) is 10.7. The molecule has 0 aliphatic heterocycles. The van der Waals surface area contributed by atoms with Crippen LogP contribution in [0.25, 0.3) is 0 Å². The molecule has 4 rings (SSSR count). The van der Waals surface area contributed by atoms with Crippen molar-refractivity contribution in [1.29, 1.82) is 0 Å². The van der Waals surface area contributed by atoms with Gasteiger partial charge in [-0.2, -0.15) is 0 Å². The summed E-state index contributed by atoms with van der Waals surface area (Å²) in [5, 5.41) is 1.41. The highest BCUT2D eigenvalue weighted by atomic mass is 31.1. The summed E-state index contributed by atoms with van der Waals surface area (Å²) in [7, 11) is 0.503. The van der Waals surface area contributed by atoms with Gasteiger partial charge >= 0.3 is 0 Å². The minimum Gasteiger partial charge on any atom is -0.104 e. The molecule has 0 spiro atoms. The van der Waals surface area contributed by atoms with Crippen molar-refractivity contribution in [2.24, 2.45) is 17.8 Å². The first-order chi connectivity index (χ1) is 9.28. The molecule has 4 aliphatic rings. The van der Waals surface area contributed by atoms with Crippen LogP contribution in [0.15, 0.2) is 0 Å². The fraction of sp³-hybridized carbons (Fsp3) is 1.00. The van der Waals surface area contributed by atoms with E-state index in [1.165, 1.54) is 6.16 Å². The van der Waals surface area contributed by atoms with Gasteiger partial charge < -0.3 is 0 Å². The summed E-state index contributed by atoms with van der Waals surface area (Å²) >= 11 is 0. The summed E-state index contributed by atoms with van der Waals surface area (Å²) in [6.45, 7) is 12.6. The van der Waals surface area contributed by atoms with Crippen LogP contribution in [0.1, 0.15) is 59.3 Å². The Morgan fingerprint density at radius 3 is 1.70 bits per heavy atom. The number of hydrogen-bond acceptors (Lipinski definition) is 0. The van der Waals surface area contributed by atoms with Gasteiger partial charge in [0, 0.05) is 0 Å². The van der Waals surface area contributed by atoms with Crippen molar-refractivity contribution in [3.8, 4) is 0 Å². The molecule has 0 N–H and O–H groups in total. The van der Waals surface area contributed by atoms with Crippen molar-refractivity contribution < 1.29 is 0 Å². The lowest BCUT2D eigenvalue weighted by molar-refractivity contribution is 0.0357. The van der Waals surface area contributed by atoms with Gasteiger partial charge in [-0.1, -0.05) is 20.8 Å². The highest BCUT2D eigenvalue weighted by Crippen LogP contribution is 2.68. The van der Waals surface area contributed by atoms with Crippen molar-refractivity contribution in [2.45, 2.75) is 69.6 Å². The normalized spacial score (nSPS) is 42.8. The van der Waals surface area contributed by atoms with E-state index in [1.54, 1.807) is 44.7 Å². The van der Waals surface area contributed by atoms with E-state index in [1.807, 2.05) is 0 Å². The van der Waals surface area contributed by atoms with E-state index < -0.39 is 0 Å². The van der Waals surface area contributed by atoms with Gasteiger partial charge in [0.25, 0.3) is 0 Å². The SMILES string of the molecule is CP(CCP(C)C12CC3CC(CC(C3)C1)C2)C(C)(C)C. The van der Waals surface area contributed by atoms with Crippen LogP contribution < -0.4 is 0 Å². The van der Waals surface area contributed by atoms with Crippen molar-refractivity contribution in [3.63, 3.8) is 0 Å². The second-order valence-corrected chi connectivity index (χ2v) is 15.1. The van der Waals surface area contributed by atoms with E-state index in [-0.39, 0.29) is 15.8 Å². The Hall–Kier alpha value is 0.860. The highest BCUT2D eigenvalue weighted by molar-refractivity contribution is 7.62. The minimum absolute atomic E-state index is 0.221.